The number of benzene rings is 2. The minimum atomic E-state index is -1.43. The van der Waals surface area contributed by atoms with E-state index in [1.807, 2.05) is 0 Å². The molecule has 5 atom stereocenters. The third-order valence-electron chi connectivity index (χ3n) is 11.8. The number of fused-ring (bicyclic) bond motifs is 5. The summed E-state index contributed by atoms with van der Waals surface area (Å²) < 4.78 is 0. The summed E-state index contributed by atoms with van der Waals surface area (Å²) >= 11 is 0. The summed E-state index contributed by atoms with van der Waals surface area (Å²) in [6, 6.07) is 2.50. The van der Waals surface area contributed by atoms with Gasteiger partial charge in [-0.25, -0.2) is 0 Å². The lowest BCUT2D eigenvalue weighted by molar-refractivity contribution is -0.142. The van der Waals surface area contributed by atoms with Crippen molar-refractivity contribution in [1.82, 2.24) is 36.4 Å². The fourth-order valence-corrected chi connectivity index (χ4v) is 7.68. The quantitative estimate of drug-likeness (QED) is 0.0755. The number of nitrogens with zero attached hydrogens (tertiary/aromatic N) is 2. The number of phenolic OH excluding ortho intramolecular Hbond substituents is 2. The van der Waals surface area contributed by atoms with Crippen LogP contribution in [-0.2, 0) is 40.0 Å². The maximum absolute atomic E-state index is 14.0. The van der Waals surface area contributed by atoms with E-state index in [1.54, 1.807) is 12.1 Å². The highest BCUT2D eigenvalue weighted by atomic mass is 16.3. The van der Waals surface area contributed by atoms with Crippen molar-refractivity contribution in [3.8, 4) is 22.6 Å². The maximum Gasteiger partial charge on any atom is 0.248 e. The third kappa shape index (κ3) is 15.8. The molecule has 2 aromatic rings. The molecule has 1 heterocycles. The van der Waals surface area contributed by atoms with E-state index in [0.717, 1.165) is 24.2 Å². The Bertz CT molecular complexity index is 1910. The van der Waals surface area contributed by atoms with E-state index >= 15 is 0 Å². The zero-order chi connectivity index (χ0) is 47.3. The number of rotatable bonds is 23. The predicted molar refractivity (Wildman–Crippen MR) is 243 cm³/mol. The van der Waals surface area contributed by atoms with Crippen LogP contribution in [0.25, 0.3) is 11.1 Å². The molecule has 0 spiro atoms. The molecule has 3 rings (SSSR count). The molecule has 2 aromatic carbocycles. The van der Waals surface area contributed by atoms with E-state index < -0.39 is 78.8 Å². The molecule has 0 saturated heterocycles. The van der Waals surface area contributed by atoms with Gasteiger partial charge in [-0.1, -0.05) is 96.1 Å². The normalized spacial score (nSPS) is 17.1. The molecular weight excluding hydrogens is 823 g/mol. The van der Waals surface area contributed by atoms with Crippen molar-refractivity contribution in [3.05, 3.63) is 47.5 Å². The molecule has 17 nitrogen and oxygen atoms in total. The number of hydrogen-bond acceptors (Lipinski definition) is 10. The zero-order valence-corrected chi connectivity index (χ0v) is 38.5. The first-order chi connectivity index (χ1) is 30.5. The Labute approximate surface area is 377 Å². The maximum atomic E-state index is 14.0. The number of phenols is 2. The number of likely N-dealkylation sites (N-methyl/N-ethyl adjacent to an activating group) is 3. The Morgan fingerprint density at radius 1 is 0.766 bits per heavy atom. The highest BCUT2D eigenvalue weighted by Crippen LogP contribution is 2.38. The molecule has 5 unspecified atom stereocenters. The van der Waals surface area contributed by atoms with Gasteiger partial charge in [0.1, 0.15) is 41.7 Å². The number of aromatic hydroxyl groups is 2. The van der Waals surface area contributed by atoms with Gasteiger partial charge < -0.3 is 51.7 Å². The second-order valence-corrected chi connectivity index (χ2v) is 16.8. The molecule has 0 aromatic heterocycles. The summed E-state index contributed by atoms with van der Waals surface area (Å²) in [5.74, 6) is -5.06. The van der Waals surface area contributed by atoms with Crippen LogP contribution in [0.2, 0.25) is 0 Å². The molecule has 0 aliphatic carbocycles. The van der Waals surface area contributed by atoms with Gasteiger partial charge in [0.15, 0.2) is 0 Å². The zero-order valence-electron chi connectivity index (χ0n) is 38.5. The first kappa shape index (κ1) is 52.6. The van der Waals surface area contributed by atoms with Crippen molar-refractivity contribution < 1.29 is 48.9 Å². The van der Waals surface area contributed by atoms with Gasteiger partial charge in [0, 0.05) is 45.1 Å². The molecule has 4 bridgehead atoms. The lowest BCUT2D eigenvalue weighted by Crippen LogP contribution is -2.55. The number of carbonyl (C=O) groups is 7. The number of aliphatic hydroxyl groups is 1. The molecule has 17 heteroatoms. The van der Waals surface area contributed by atoms with Crippen molar-refractivity contribution >= 4 is 41.4 Å². The second-order valence-electron chi connectivity index (χ2n) is 16.8. The summed E-state index contributed by atoms with van der Waals surface area (Å²) in [4.78, 5) is 95.2. The Hall–Kier alpha value is -5.71. The van der Waals surface area contributed by atoms with E-state index in [9.17, 15) is 48.9 Å². The predicted octanol–water partition coefficient (Wildman–Crippen LogP) is 3.48. The number of carbonyl (C=O) groups excluding carboxylic acids is 7. The molecule has 0 radical (unpaired) electrons. The lowest BCUT2D eigenvalue weighted by Gasteiger charge is -2.30. The van der Waals surface area contributed by atoms with Crippen LogP contribution in [0.5, 0.6) is 11.5 Å². The summed E-state index contributed by atoms with van der Waals surface area (Å²) in [7, 11) is 4.14. The first-order valence-corrected chi connectivity index (χ1v) is 22.7. The highest BCUT2D eigenvalue weighted by Gasteiger charge is 2.34. The average Bonchev–Trinajstić information content (AvgIpc) is 3.27. The molecule has 1 aliphatic rings. The van der Waals surface area contributed by atoms with Crippen LogP contribution >= 0.6 is 0 Å². The summed E-state index contributed by atoms with van der Waals surface area (Å²) in [5.41, 5.74) is 1.01. The smallest absolute Gasteiger partial charge is 0.248 e. The molecule has 354 valence electrons. The van der Waals surface area contributed by atoms with Crippen LogP contribution < -0.4 is 26.6 Å². The molecule has 64 heavy (non-hydrogen) atoms. The fourth-order valence-electron chi connectivity index (χ4n) is 7.68. The number of aliphatic hydroxyl groups excluding tert-OH is 1. The van der Waals surface area contributed by atoms with E-state index in [1.165, 1.54) is 122 Å². The number of amides is 7. The number of unbranched alkanes of at least 4 members (excludes halogenated alkanes) is 12. The molecule has 7 amide bonds. The van der Waals surface area contributed by atoms with Crippen LogP contribution in [0.1, 0.15) is 128 Å². The lowest BCUT2D eigenvalue weighted by atomic mass is 9.93. The van der Waals surface area contributed by atoms with Crippen LogP contribution in [-0.4, -0.2) is 125 Å². The minimum Gasteiger partial charge on any atom is -0.507 e. The fraction of sp³-hybridized carbons (Fsp3) is 0.596. The monoisotopic (exact) mass is 894 g/mol. The molecule has 8 N–H and O–H groups in total. The van der Waals surface area contributed by atoms with Crippen LogP contribution in [0, 0.1) is 0 Å². The SMILES string of the molecule is CCCCCCCCCCCCCCCC(=O)N(C)C(CO)C(=O)NC(C)C(=O)NCC(=O)N(C)C1C(=O)NC(C)C(=O)NC(C(=O)NC)Cc2ccc(O)c(c2)-c2cc1ccc2O. The summed E-state index contributed by atoms with van der Waals surface area (Å²) in [6.45, 7) is 3.70. The van der Waals surface area contributed by atoms with Crippen molar-refractivity contribution in [2.75, 3.05) is 34.3 Å². The molecule has 0 fully saturated rings. The summed E-state index contributed by atoms with van der Waals surface area (Å²) in [6.07, 6.45) is 15.4. The molecule has 0 saturated carbocycles. The minimum absolute atomic E-state index is 0.0198. The van der Waals surface area contributed by atoms with E-state index in [4.69, 9.17) is 0 Å². The Balaban J connectivity index is 1.61. The van der Waals surface area contributed by atoms with Crippen molar-refractivity contribution in [2.24, 2.45) is 0 Å². The first-order valence-electron chi connectivity index (χ1n) is 22.7. The van der Waals surface area contributed by atoms with Gasteiger partial charge in [0.25, 0.3) is 0 Å². The van der Waals surface area contributed by atoms with Crippen molar-refractivity contribution in [2.45, 2.75) is 147 Å². The largest absolute Gasteiger partial charge is 0.507 e. The summed E-state index contributed by atoms with van der Waals surface area (Å²) in [5, 5.41) is 44.5. The van der Waals surface area contributed by atoms with Gasteiger partial charge in [0.2, 0.25) is 41.4 Å². The Kier molecular flexibility index (Phi) is 22.0. The van der Waals surface area contributed by atoms with E-state index in [2.05, 4.69) is 33.5 Å². The van der Waals surface area contributed by atoms with E-state index in [0.29, 0.717) is 12.0 Å². The van der Waals surface area contributed by atoms with Crippen molar-refractivity contribution in [1.29, 1.82) is 0 Å². The Morgan fingerprint density at radius 2 is 1.33 bits per heavy atom. The van der Waals surface area contributed by atoms with Gasteiger partial charge in [-0.05, 0) is 55.7 Å². The van der Waals surface area contributed by atoms with Gasteiger partial charge in [-0.2, -0.15) is 0 Å². The second kappa shape index (κ2) is 26.8. The van der Waals surface area contributed by atoms with Crippen LogP contribution in [0.15, 0.2) is 36.4 Å². The number of nitrogens with one attached hydrogen (secondary N) is 5. The molecular formula is C47H71N7O10. The van der Waals surface area contributed by atoms with Gasteiger partial charge in [-0.3, -0.25) is 33.6 Å². The van der Waals surface area contributed by atoms with Gasteiger partial charge >= 0.3 is 0 Å². The standard InChI is InChI=1S/C47H71N7O10/c1-7-8-9-10-11-12-13-14-15-16-17-18-19-20-40(58)53(5)37(29-55)46(63)50-30(2)43(60)49-28-41(59)54(6)42-33-22-24-39(57)35(27-33)34-25-32(21-23-38(34)56)26-36(45(62)48-4)52-44(61)31(3)51-47(42)64/h21-25,27,30-31,36-37,42,55-57H,7-20,26,28-29H2,1-6H3,(H,48,62)(H,49,60)(H,50,63)(H,51,64)(H,52,61). The van der Waals surface area contributed by atoms with Gasteiger partial charge in [0.05, 0.1) is 13.2 Å². The van der Waals surface area contributed by atoms with Gasteiger partial charge in [-0.15, -0.1) is 0 Å². The third-order valence-corrected chi connectivity index (χ3v) is 11.8. The molecule has 1 aliphatic heterocycles. The highest BCUT2D eigenvalue weighted by molar-refractivity contribution is 5.96. The topological polar surface area (TPSA) is 247 Å². The van der Waals surface area contributed by atoms with E-state index in [-0.39, 0.29) is 46.9 Å². The van der Waals surface area contributed by atoms with Crippen LogP contribution in [0.4, 0.5) is 0 Å². The number of hydrogen-bond donors (Lipinski definition) is 8. The average molecular weight is 894 g/mol. The Morgan fingerprint density at radius 3 is 1.91 bits per heavy atom. The van der Waals surface area contributed by atoms with Crippen LogP contribution in [0.3, 0.4) is 0 Å². The van der Waals surface area contributed by atoms with Crippen molar-refractivity contribution in [3.63, 3.8) is 0 Å².